The molecule has 1 unspecified atom stereocenters. The highest BCUT2D eigenvalue weighted by Crippen LogP contribution is 2.12. The van der Waals surface area contributed by atoms with Crippen LogP contribution in [0.5, 0.6) is 5.75 Å². The summed E-state index contributed by atoms with van der Waals surface area (Å²) in [6.45, 7) is 4.33. The number of halogens is 1. The van der Waals surface area contributed by atoms with Crippen LogP contribution < -0.4 is 15.8 Å². The van der Waals surface area contributed by atoms with Crippen molar-refractivity contribution in [1.82, 2.24) is 5.32 Å². The maximum Gasteiger partial charge on any atom is 0.237 e. The molecule has 0 bridgehead atoms. The molecule has 0 radical (unpaired) electrons. The summed E-state index contributed by atoms with van der Waals surface area (Å²) in [5.41, 5.74) is 8.17. The van der Waals surface area contributed by atoms with Gasteiger partial charge in [0, 0.05) is 0 Å². The molecule has 0 aliphatic carbocycles. The number of amides is 1. The first kappa shape index (κ1) is 20.0. The van der Waals surface area contributed by atoms with Crippen LogP contribution in [0.25, 0.3) is 0 Å². The van der Waals surface area contributed by atoms with Gasteiger partial charge in [0.1, 0.15) is 12.4 Å². The highest BCUT2D eigenvalue weighted by Gasteiger charge is 2.16. The lowest BCUT2D eigenvalue weighted by molar-refractivity contribution is -0.123. The third-order valence-electron chi connectivity index (χ3n) is 3.51. The van der Waals surface area contributed by atoms with E-state index < -0.39 is 6.04 Å². The number of aryl methyl sites for hydroxylation is 1. The molecule has 1 amide bonds. The molecule has 130 valence electrons. The summed E-state index contributed by atoms with van der Waals surface area (Å²) in [6.07, 6.45) is 0.526. The van der Waals surface area contributed by atoms with Crippen LogP contribution >= 0.6 is 12.4 Å². The van der Waals surface area contributed by atoms with Gasteiger partial charge in [-0.3, -0.25) is 4.79 Å². The third kappa shape index (κ3) is 6.60. The lowest BCUT2D eigenvalue weighted by Gasteiger charge is -2.18. The van der Waals surface area contributed by atoms with E-state index in [1.54, 1.807) is 0 Å². The average Bonchev–Trinajstić information content (AvgIpc) is 2.54. The largest absolute Gasteiger partial charge is 0.491 e. The highest BCUT2D eigenvalue weighted by molar-refractivity contribution is 5.85. The number of rotatable bonds is 7. The molecule has 3 N–H and O–H groups in total. The summed E-state index contributed by atoms with van der Waals surface area (Å²) in [4.78, 5) is 12.1. The molecule has 24 heavy (non-hydrogen) atoms. The summed E-state index contributed by atoms with van der Waals surface area (Å²) in [7, 11) is 0. The molecule has 2 aromatic carbocycles. The number of benzene rings is 2. The Hall–Kier alpha value is -2.04. The summed E-state index contributed by atoms with van der Waals surface area (Å²) < 4.78 is 5.69. The fourth-order valence-corrected chi connectivity index (χ4v) is 2.28. The minimum absolute atomic E-state index is 0. The molecule has 0 spiro atoms. The fourth-order valence-electron chi connectivity index (χ4n) is 2.28. The summed E-state index contributed by atoms with van der Waals surface area (Å²) in [6, 6.07) is 16.9. The number of carbonyl (C=O) groups excluding carboxylic acids is 1. The van der Waals surface area contributed by atoms with Gasteiger partial charge in [-0.25, -0.2) is 0 Å². The molecule has 0 aromatic heterocycles. The van der Waals surface area contributed by atoms with Crippen LogP contribution in [-0.4, -0.2) is 24.6 Å². The normalized spacial score (nSPS) is 12.6. The molecular weight excluding hydrogens is 324 g/mol. The van der Waals surface area contributed by atoms with Crippen LogP contribution in [-0.2, 0) is 11.2 Å². The van der Waals surface area contributed by atoms with Gasteiger partial charge in [0.15, 0.2) is 0 Å². The van der Waals surface area contributed by atoms with Gasteiger partial charge in [0.2, 0.25) is 5.91 Å². The maximum atomic E-state index is 12.1. The van der Waals surface area contributed by atoms with Gasteiger partial charge in [0.25, 0.3) is 0 Å². The number of ether oxygens (including phenoxy) is 1. The minimum atomic E-state index is -0.557. The Morgan fingerprint density at radius 1 is 1.17 bits per heavy atom. The van der Waals surface area contributed by atoms with E-state index in [0.717, 1.165) is 16.9 Å². The van der Waals surface area contributed by atoms with Gasteiger partial charge in [-0.05, 0) is 43.5 Å². The first-order valence-corrected chi connectivity index (χ1v) is 7.84. The Balaban J connectivity index is 0.00000288. The molecule has 0 saturated heterocycles. The van der Waals surface area contributed by atoms with Crippen LogP contribution in [0.3, 0.4) is 0 Å². The maximum absolute atomic E-state index is 12.1. The van der Waals surface area contributed by atoms with E-state index in [4.69, 9.17) is 10.5 Å². The molecule has 0 aliphatic rings. The van der Waals surface area contributed by atoms with Crippen molar-refractivity contribution in [3.8, 4) is 5.75 Å². The fraction of sp³-hybridized carbons (Fsp3) is 0.316. The monoisotopic (exact) mass is 348 g/mol. The van der Waals surface area contributed by atoms with Gasteiger partial charge < -0.3 is 15.8 Å². The average molecular weight is 349 g/mol. The zero-order chi connectivity index (χ0) is 16.7. The number of nitrogens with two attached hydrogens (primary N) is 1. The standard InChI is InChI=1S/C19H24N2O2.ClH/c1-14-7-6-10-17(11-14)23-13-15(2)21-19(22)18(20)12-16-8-4-3-5-9-16;/h3-11,15,18H,12-13,20H2,1-2H3,(H,21,22);1H/t15?,18-;/m0./s1. The van der Waals surface area contributed by atoms with Crippen molar-refractivity contribution in [1.29, 1.82) is 0 Å². The minimum Gasteiger partial charge on any atom is -0.491 e. The molecular formula is C19H25ClN2O2. The first-order valence-electron chi connectivity index (χ1n) is 7.84. The Labute approximate surface area is 149 Å². The van der Waals surface area contributed by atoms with E-state index in [1.807, 2.05) is 68.4 Å². The first-order chi connectivity index (χ1) is 11.0. The van der Waals surface area contributed by atoms with Crippen molar-refractivity contribution in [2.75, 3.05) is 6.61 Å². The van der Waals surface area contributed by atoms with E-state index in [0.29, 0.717) is 13.0 Å². The summed E-state index contributed by atoms with van der Waals surface area (Å²) in [5, 5.41) is 2.90. The molecule has 2 atom stereocenters. The zero-order valence-electron chi connectivity index (χ0n) is 14.1. The Bertz CT molecular complexity index is 634. The molecule has 0 heterocycles. The summed E-state index contributed by atoms with van der Waals surface area (Å²) >= 11 is 0. The van der Waals surface area contributed by atoms with Gasteiger partial charge in [-0.1, -0.05) is 42.5 Å². The van der Waals surface area contributed by atoms with Gasteiger partial charge in [0.05, 0.1) is 12.1 Å². The zero-order valence-corrected chi connectivity index (χ0v) is 14.9. The topological polar surface area (TPSA) is 64.3 Å². The van der Waals surface area contributed by atoms with E-state index in [-0.39, 0.29) is 24.4 Å². The SMILES string of the molecule is Cc1cccc(OCC(C)NC(=O)[C@@H](N)Cc2ccccc2)c1.Cl. The van der Waals surface area contributed by atoms with Gasteiger partial charge in [-0.15, -0.1) is 12.4 Å². The second kappa shape index (κ2) is 9.96. The van der Waals surface area contributed by atoms with Crippen LogP contribution in [0, 0.1) is 6.92 Å². The van der Waals surface area contributed by atoms with Gasteiger partial charge in [-0.2, -0.15) is 0 Å². The third-order valence-corrected chi connectivity index (χ3v) is 3.51. The smallest absolute Gasteiger partial charge is 0.237 e. The number of hydrogen-bond donors (Lipinski definition) is 2. The van der Waals surface area contributed by atoms with E-state index in [9.17, 15) is 4.79 Å². The lowest BCUT2D eigenvalue weighted by Crippen LogP contribution is -2.47. The lowest BCUT2D eigenvalue weighted by atomic mass is 10.1. The van der Waals surface area contributed by atoms with Crippen molar-refractivity contribution >= 4 is 18.3 Å². The molecule has 5 heteroatoms. The van der Waals surface area contributed by atoms with Crippen LogP contribution in [0.2, 0.25) is 0 Å². The van der Waals surface area contributed by atoms with Crippen molar-refractivity contribution < 1.29 is 9.53 Å². The van der Waals surface area contributed by atoms with E-state index in [2.05, 4.69) is 5.32 Å². The van der Waals surface area contributed by atoms with Crippen LogP contribution in [0.15, 0.2) is 54.6 Å². The predicted molar refractivity (Wildman–Crippen MR) is 99.6 cm³/mol. The van der Waals surface area contributed by atoms with Crippen molar-refractivity contribution in [2.24, 2.45) is 5.73 Å². The van der Waals surface area contributed by atoms with Crippen LogP contribution in [0.4, 0.5) is 0 Å². The summed E-state index contributed by atoms with van der Waals surface area (Å²) in [5.74, 6) is 0.647. The molecule has 2 aromatic rings. The van der Waals surface area contributed by atoms with E-state index >= 15 is 0 Å². The number of carbonyl (C=O) groups is 1. The number of nitrogens with one attached hydrogen (secondary N) is 1. The van der Waals surface area contributed by atoms with Crippen molar-refractivity contribution in [2.45, 2.75) is 32.4 Å². The second-order valence-corrected chi connectivity index (χ2v) is 5.83. The second-order valence-electron chi connectivity index (χ2n) is 5.83. The number of hydrogen-bond acceptors (Lipinski definition) is 3. The quantitative estimate of drug-likeness (QED) is 0.808. The van der Waals surface area contributed by atoms with E-state index in [1.165, 1.54) is 0 Å². The Morgan fingerprint density at radius 3 is 2.54 bits per heavy atom. The highest BCUT2D eigenvalue weighted by atomic mass is 35.5. The Morgan fingerprint density at radius 2 is 1.88 bits per heavy atom. The van der Waals surface area contributed by atoms with Crippen LogP contribution in [0.1, 0.15) is 18.1 Å². The predicted octanol–water partition coefficient (Wildman–Crippen LogP) is 2.87. The molecule has 2 rings (SSSR count). The van der Waals surface area contributed by atoms with Crippen molar-refractivity contribution in [3.05, 3.63) is 65.7 Å². The Kier molecular flexibility index (Phi) is 8.30. The van der Waals surface area contributed by atoms with Crippen molar-refractivity contribution in [3.63, 3.8) is 0 Å². The molecule has 0 aliphatic heterocycles. The molecule has 0 saturated carbocycles. The molecule has 0 fully saturated rings. The molecule has 4 nitrogen and oxygen atoms in total. The van der Waals surface area contributed by atoms with Gasteiger partial charge >= 0.3 is 0 Å².